The SMILES string of the molecule is CC(N)C=O.Cl. The molecule has 0 radical (unpaired) electrons. The maximum absolute atomic E-state index is 9.38. The van der Waals surface area contributed by atoms with Crippen LogP contribution in [0.25, 0.3) is 0 Å². The zero-order chi connectivity index (χ0) is 4.28. The van der Waals surface area contributed by atoms with E-state index in [1.165, 1.54) is 0 Å². The summed E-state index contributed by atoms with van der Waals surface area (Å²) in [5, 5.41) is 0. The lowest BCUT2D eigenvalue weighted by Crippen LogP contribution is -2.15. The lowest BCUT2D eigenvalue weighted by molar-refractivity contribution is -0.108. The van der Waals surface area contributed by atoms with Gasteiger partial charge in [-0.2, -0.15) is 0 Å². The van der Waals surface area contributed by atoms with Crippen LogP contribution in [0.15, 0.2) is 0 Å². The Hall–Kier alpha value is -0.0800. The lowest BCUT2D eigenvalue weighted by atomic mass is 10.4. The van der Waals surface area contributed by atoms with Crippen molar-refractivity contribution >= 4 is 18.7 Å². The number of nitrogens with two attached hydrogens (primary N) is 1. The molecule has 0 heterocycles. The Morgan fingerprint density at radius 2 is 2.00 bits per heavy atom. The molecule has 1 atom stereocenters. The third kappa shape index (κ3) is 9.07. The molecule has 6 heavy (non-hydrogen) atoms. The molecule has 3 heteroatoms. The van der Waals surface area contributed by atoms with Gasteiger partial charge in [0.25, 0.3) is 0 Å². The summed E-state index contributed by atoms with van der Waals surface area (Å²) in [7, 11) is 0. The molecule has 0 saturated carbocycles. The monoisotopic (exact) mass is 109 g/mol. The summed E-state index contributed by atoms with van der Waals surface area (Å²) >= 11 is 0. The number of hydrogen-bond acceptors (Lipinski definition) is 2. The standard InChI is InChI=1S/C3H7NO.ClH/c1-3(4)2-5;/h2-3H,4H2,1H3;1H. The maximum atomic E-state index is 9.38. The molecule has 0 bridgehead atoms. The smallest absolute Gasteiger partial charge is 0.136 e. The molecule has 2 nitrogen and oxygen atoms in total. The average molecular weight is 110 g/mol. The third-order valence-electron chi connectivity index (χ3n) is 0.215. The fraction of sp³-hybridized carbons (Fsp3) is 0.667. The molecular formula is C3H8ClNO. The molecule has 0 rings (SSSR count). The van der Waals surface area contributed by atoms with E-state index in [-0.39, 0.29) is 18.4 Å². The van der Waals surface area contributed by atoms with Gasteiger partial charge in [-0.25, -0.2) is 0 Å². The van der Waals surface area contributed by atoms with Crippen molar-refractivity contribution in [1.29, 1.82) is 0 Å². The summed E-state index contributed by atoms with van der Waals surface area (Å²) in [6.07, 6.45) is 0.694. The number of carbonyl (C=O) groups is 1. The second kappa shape index (κ2) is 4.92. The van der Waals surface area contributed by atoms with Gasteiger partial charge in [0.2, 0.25) is 0 Å². The minimum absolute atomic E-state index is 0. The highest BCUT2D eigenvalue weighted by Crippen LogP contribution is 1.55. The Balaban J connectivity index is 0. The Kier molecular flexibility index (Phi) is 7.65. The van der Waals surface area contributed by atoms with Crippen molar-refractivity contribution in [1.82, 2.24) is 0 Å². The van der Waals surface area contributed by atoms with E-state index in [4.69, 9.17) is 5.73 Å². The predicted octanol–water partition coefficient (Wildman–Crippen LogP) is -0.0457. The van der Waals surface area contributed by atoms with E-state index in [0.29, 0.717) is 6.29 Å². The predicted molar refractivity (Wildman–Crippen MR) is 27.0 cm³/mol. The first-order chi connectivity index (χ1) is 2.27. The van der Waals surface area contributed by atoms with Crippen LogP contribution in [0, 0.1) is 0 Å². The number of aldehydes is 1. The highest BCUT2D eigenvalue weighted by molar-refractivity contribution is 5.85. The van der Waals surface area contributed by atoms with Crippen molar-refractivity contribution in [2.45, 2.75) is 13.0 Å². The zero-order valence-electron chi connectivity index (χ0n) is 3.55. The van der Waals surface area contributed by atoms with Crippen molar-refractivity contribution < 1.29 is 4.79 Å². The van der Waals surface area contributed by atoms with Crippen molar-refractivity contribution in [3.05, 3.63) is 0 Å². The van der Waals surface area contributed by atoms with E-state index in [1.54, 1.807) is 6.92 Å². The van der Waals surface area contributed by atoms with Gasteiger partial charge in [-0.1, -0.05) is 0 Å². The van der Waals surface area contributed by atoms with E-state index < -0.39 is 0 Å². The minimum atomic E-state index is -0.296. The van der Waals surface area contributed by atoms with Gasteiger partial charge in [-0.15, -0.1) is 12.4 Å². The van der Waals surface area contributed by atoms with Crippen LogP contribution in [-0.4, -0.2) is 12.3 Å². The largest absolute Gasteiger partial charge is 0.322 e. The summed E-state index contributed by atoms with van der Waals surface area (Å²) in [5.41, 5.74) is 4.92. The lowest BCUT2D eigenvalue weighted by Gasteiger charge is -1.80. The fourth-order valence-electron chi connectivity index (χ4n) is 0. The number of carbonyl (C=O) groups excluding carboxylic acids is 1. The first kappa shape index (κ1) is 9.33. The number of rotatable bonds is 1. The maximum Gasteiger partial charge on any atom is 0.136 e. The molecular weight excluding hydrogens is 101 g/mol. The van der Waals surface area contributed by atoms with E-state index in [1.807, 2.05) is 0 Å². The second-order valence-corrected chi connectivity index (χ2v) is 0.995. The van der Waals surface area contributed by atoms with Crippen molar-refractivity contribution in [3.63, 3.8) is 0 Å². The van der Waals surface area contributed by atoms with Crippen LogP contribution in [0.4, 0.5) is 0 Å². The summed E-state index contributed by atoms with van der Waals surface area (Å²) in [4.78, 5) is 9.38. The van der Waals surface area contributed by atoms with Gasteiger partial charge in [0.15, 0.2) is 0 Å². The van der Waals surface area contributed by atoms with Crippen LogP contribution >= 0.6 is 12.4 Å². The summed E-state index contributed by atoms with van der Waals surface area (Å²) in [6.45, 7) is 1.63. The molecule has 0 aromatic carbocycles. The normalized spacial score (nSPS) is 11.7. The van der Waals surface area contributed by atoms with Crippen LogP contribution in [0.2, 0.25) is 0 Å². The van der Waals surface area contributed by atoms with Gasteiger partial charge in [-0.05, 0) is 6.92 Å². The Bertz CT molecular complexity index is 37.8. The average Bonchev–Trinajstić information content (AvgIpc) is 1.38. The van der Waals surface area contributed by atoms with Crippen LogP contribution < -0.4 is 5.73 Å². The van der Waals surface area contributed by atoms with Crippen LogP contribution in [0.3, 0.4) is 0 Å². The third-order valence-corrected chi connectivity index (χ3v) is 0.215. The molecule has 0 aliphatic rings. The van der Waals surface area contributed by atoms with Gasteiger partial charge in [0, 0.05) is 0 Å². The van der Waals surface area contributed by atoms with Gasteiger partial charge < -0.3 is 10.5 Å². The molecule has 2 N–H and O–H groups in total. The topological polar surface area (TPSA) is 43.1 Å². The summed E-state index contributed by atoms with van der Waals surface area (Å²) in [5.74, 6) is 0. The molecule has 0 aromatic heterocycles. The van der Waals surface area contributed by atoms with E-state index in [9.17, 15) is 4.79 Å². The molecule has 0 aliphatic heterocycles. The van der Waals surface area contributed by atoms with Gasteiger partial charge in [-0.3, -0.25) is 0 Å². The number of hydrogen-bond donors (Lipinski definition) is 1. The minimum Gasteiger partial charge on any atom is -0.322 e. The molecule has 0 amide bonds. The zero-order valence-corrected chi connectivity index (χ0v) is 4.37. The molecule has 0 fully saturated rings. The quantitative estimate of drug-likeness (QED) is 0.480. The first-order valence-corrected chi connectivity index (χ1v) is 1.48. The van der Waals surface area contributed by atoms with E-state index in [2.05, 4.69) is 0 Å². The summed E-state index contributed by atoms with van der Waals surface area (Å²) < 4.78 is 0. The molecule has 0 spiro atoms. The van der Waals surface area contributed by atoms with Gasteiger partial charge in [0.05, 0.1) is 6.04 Å². The van der Waals surface area contributed by atoms with Crippen molar-refractivity contribution in [2.24, 2.45) is 5.73 Å². The fourth-order valence-corrected chi connectivity index (χ4v) is 0. The Morgan fingerprint density at radius 3 is 2.00 bits per heavy atom. The van der Waals surface area contributed by atoms with E-state index >= 15 is 0 Å². The Morgan fingerprint density at radius 1 is 1.83 bits per heavy atom. The van der Waals surface area contributed by atoms with Crippen molar-refractivity contribution in [2.75, 3.05) is 0 Å². The highest BCUT2D eigenvalue weighted by atomic mass is 35.5. The van der Waals surface area contributed by atoms with Crippen LogP contribution in [0.5, 0.6) is 0 Å². The van der Waals surface area contributed by atoms with E-state index in [0.717, 1.165) is 0 Å². The first-order valence-electron chi connectivity index (χ1n) is 1.48. The number of halogens is 1. The summed E-state index contributed by atoms with van der Waals surface area (Å²) in [6, 6.07) is -0.296. The van der Waals surface area contributed by atoms with Gasteiger partial charge in [0.1, 0.15) is 6.29 Å². The molecule has 0 aromatic rings. The van der Waals surface area contributed by atoms with Gasteiger partial charge >= 0.3 is 0 Å². The molecule has 1 unspecified atom stereocenters. The van der Waals surface area contributed by atoms with Crippen LogP contribution in [0.1, 0.15) is 6.92 Å². The van der Waals surface area contributed by atoms with Crippen molar-refractivity contribution in [3.8, 4) is 0 Å². The van der Waals surface area contributed by atoms with Crippen LogP contribution in [-0.2, 0) is 4.79 Å². The second-order valence-electron chi connectivity index (χ2n) is 0.995. The molecule has 0 saturated heterocycles. The molecule has 0 aliphatic carbocycles. The Labute approximate surface area is 43.1 Å². The highest BCUT2D eigenvalue weighted by Gasteiger charge is 1.79. The molecule has 38 valence electrons.